The number of amides is 1. The normalized spacial score (nSPS) is 19.0. The van der Waals surface area contributed by atoms with Gasteiger partial charge in [0.05, 0.1) is 32.5 Å². The number of nitrogens with zero attached hydrogens (tertiary/aromatic N) is 1. The van der Waals surface area contributed by atoms with E-state index >= 15 is 0 Å². The van der Waals surface area contributed by atoms with E-state index in [1.165, 1.54) is 16.1 Å². The third-order valence-corrected chi connectivity index (χ3v) is 5.08. The van der Waals surface area contributed by atoms with Gasteiger partial charge in [0.15, 0.2) is 0 Å². The highest BCUT2D eigenvalue weighted by Crippen LogP contribution is 2.40. The van der Waals surface area contributed by atoms with Gasteiger partial charge in [0, 0.05) is 18.5 Å². The van der Waals surface area contributed by atoms with Crippen molar-refractivity contribution in [2.75, 3.05) is 27.2 Å². The number of aliphatic hydroxyl groups is 1. The van der Waals surface area contributed by atoms with Gasteiger partial charge < -0.3 is 19.3 Å². The van der Waals surface area contributed by atoms with Gasteiger partial charge in [-0.05, 0) is 37.6 Å². The number of hydrogen-bond donors (Lipinski definition) is 2. The number of aliphatic hydroxyl groups excluding tert-OH is 1. The molecule has 0 aliphatic carbocycles. The van der Waals surface area contributed by atoms with E-state index in [2.05, 4.69) is 0 Å². The molecule has 0 saturated carbocycles. The summed E-state index contributed by atoms with van der Waals surface area (Å²) >= 11 is 0. The molecule has 1 atom stereocenters. The molecule has 1 amide bonds. The van der Waals surface area contributed by atoms with Crippen molar-refractivity contribution in [1.82, 2.24) is 4.90 Å². The molecule has 1 unspecified atom stereocenters. The van der Waals surface area contributed by atoms with Crippen LogP contribution in [0.4, 0.5) is 0 Å². The van der Waals surface area contributed by atoms with Gasteiger partial charge >= 0.3 is 0 Å². The summed E-state index contributed by atoms with van der Waals surface area (Å²) in [4.78, 5) is 28.4. The van der Waals surface area contributed by atoms with Crippen molar-refractivity contribution in [2.45, 2.75) is 26.3 Å². The van der Waals surface area contributed by atoms with Crippen LogP contribution in [0, 0.1) is 13.8 Å². The van der Waals surface area contributed by atoms with E-state index in [-0.39, 0.29) is 11.3 Å². The second-order valence-electron chi connectivity index (χ2n) is 7.64. The molecule has 28 heavy (non-hydrogen) atoms. The van der Waals surface area contributed by atoms with Crippen molar-refractivity contribution >= 4 is 17.4 Å². The Bertz CT molecular complexity index is 913. The van der Waals surface area contributed by atoms with Crippen LogP contribution in [0.3, 0.4) is 0 Å². The Hall–Kier alpha value is -2.86. The highest BCUT2D eigenvalue weighted by Gasteiger charge is 2.47. The van der Waals surface area contributed by atoms with Crippen LogP contribution < -0.4 is 4.90 Å². The Morgan fingerprint density at radius 3 is 2.61 bits per heavy atom. The maximum absolute atomic E-state index is 12.9. The molecule has 0 bridgehead atoms. The number of likely N-dealkylation sites (tertiary alicyclic amines) is 1. The van der Waals surface area contributed by atoms with Gasteiger partial charge in [-0.15, -0.1) is 0 Å². The van der Waals surface area contributed by atoms with Crippen LogP contribution in [-0.4, -0.2) is 48.9 Å². The number of aryl methyl sites for hydroxylation is 2. The van der Waals surface area contributed by atoms with Crippen LogP contribution in [0.15, 0.2) is 46.6 Å². The molecule has 6 nitrogen and oxygen atoms in total. The average molecular weight is 383 g/mol. The first-order valence-electron chi connectivity index (χ1n) is 9.49. The Morgan fingerprint density at radius 1 is 1.21 bits per heavy atom. The fourth-order valence-electron chi connectivity index (χ4n) is 3.59. The topological polar surface area (TPSA) is 75.2 Å². The molecule has 1 aliphatic rings. The number of carbonyl (C=O) groups excluding carboxylic acids is 2. The van der Waals surface area contributed by atoms with Crippen molar-refractivity contribution in [3.8, 4) is 0 Å². The lowest BCUT2D eigenvalue weighted by Crippen LogP contribution is -3.05. The SMILES string of the molecule is Cc1ccc(C)c(C(O)=C2C(=O)C(=O)N(CCC[NH+](C)C)C2c2ccco2)c1. The Labute approximate surface area is 165 Å². The van der Waals surface area contributed by atoms with E-state index in [1.54, 1.807) is 12.1 Å². The molecule has 2 aromatic rings. The van der Waals surface area contributed by atoms with Gasteiger partial charge in [-0.3, -0.25) is 9.59 Å². The fourth-order valence-corrected chi connectivity index (χ4v) is 3.59. The summed E-state index contributed by atoms with van der Waals surface area (Å²) in [5.74, 6) is -0.941. The second-order valence-corrected chi connectivity index (χ2v) is 7.64. The molecular weight excluding hydrogens is 356 g/mol. The van der Waals surface area contributed by atoms with Crippen LogP contribution in [0.25, 0.3) is 5.76 Å². The lowest BCUT2D eigenvalue weighted by atomic mass is 9.96. The van der Waals surface area contributed by atoms with Gasteiger partial charge in [0.25, 0.3) is 11.7 Å². The molecule has 148 valence electrons. The predicted molar refractivity (Wildman–Crippen MR) is 106 cm³/mol. The average Bonchev–Trinajstić information content (AvgIpc) is 3.25. The monoisotopic (exact) mass is 383 g/mol. The summed E-state index contributed by atoms with van der Waals surface area (Å²) in [7, 11) is 4.08. The maximum atomic E-state index is 12.9. The van der Waals surface area contributed by atoms with Gasteiger partial charge in [-0.2, -0.15) is 0 Å². The lowest BCUT2D eigenvalue weighted by molar-refractivity contribution is -0.858. The summed E-state index contributed by atoms with van der Waals surface area (Å²) in [6.45, 7) is 5.07. The van der Waals surface area contributed by atoms with Crippen LogP contribution in [-0.2, 0) is 9.59 Å². The van der Waals surface area contributed by atoms with E-state index in [9.17, 15) is 14.7 Å². The zero-order chi connectivity index (χ0) is 20.4. The van der Waals surface area contributed by atoms with E-state index < -0.39 is 17.7 Å². The first-order chi connectivity index (χ1) is 13.3. The van der Waals surface area contributed by atoms with Crippen LogP contribution in [0.5, 0.6) is 0 Å². The number of hydrogen-bond acceptors (Lipinski definition) is 4. The van der Waals surface area contributed by atoms with Crippen LogP contribution in [0.2, 0.25) is 0 Å². The van der Waals surface area contributed by atoms with E-state index in [0.29, 0.717) is 17.9 Å². The molecule has 1 aliphatic heterocycles. The van der Waals surface area contributed by atoms with E-state index in [0.717, 1.165) is 24.1 Å². The molecule has 1 saturated heterocycles. The van der Waals surface area contributed by atoms with Gasteiger partial charge in [0.2, 0.25) is 0 Å². The summed E-state index contributed by atoms with van der Waals surface area (Å²) < 4.78 is 5.55. The van der Waals surface area contributed by atoms with E-state index in [1.807, 2.05) is 46.1 Å². The fraction of sp³-hybridized carbons (Fsp3) is 0.364. The number of furan rings is 1. The number of ketones is 1. The van der Waals surface area contributed by atoms with Crippen molar-refractivity contribution in [2.24, 2.45) is 0 Å². The largest absolute Gasteiger partial charge is 0.507 e. The third-order valence-electron chi connectivity index (χ3n) is 5.08. The van der Waals surface area contributed by atoms with Gasteiger partial charge in [-0.1, -0.05) is 17.7 Å². The number of nitrogens with one attached hydrogen (secondary N) is 1. The molecule has 3 rings (SSSR count). The first-order valence-corrected chi connectivity index (χ1v) is 9.49. The summed E-state index contributed by atoms with van der Waals surface area (Å²) in [5, 5.41) is 11.0. The molecule has 0 spiro atoms. The molecule has 1 fully saturated rings. The second kappa shape index (κ2) is 8.02. The summed E-state index contributed by atoms with van der Waals surface area (Å²) in [6.07, 6.45) is 2.26. The zero-order valence-electron chi connectivity index (χ0n) is 16.8. The summed E-state index contributed by atoms with van der Waals surface area (Å²) in [5.41, 5.74) is 2.45. The number of quaternary nitrogens is 1. The molecule has 2 heterocycles. The van der Waals surface area contributed by atoms with Crippen molar-refractivity contribution in [3.05, 3.63) is 64.6 Å². The van der Waals surface area contributed by atoms with E-state index in [4.69, 9.17) is 4.42 Å². The number of carbonyl (C=O) groups is 2. The highest BCUT2D eigenvalue weighted by molar-refractivity contribution is 6.46. The molecule has 1 aromatic heterocycles. The first kappa shape index (κ1) is 19.9. The molecular formula is C22H27N2O4+. The standard InChI is InChI=1S/C22H26N2O4/c1-14-8-9-15(2)16(13-14)20(25)18-19(17-7-5-12-28-17)24(22(27)21(18)26)11-6-10-23(3)4/h5,7-9,12-13,19,25H,6,10-11H2,1-4H3/p+1. The molecule has 6 heteroatoms. The highest BCUT2D eigenvalue weighted by atomic mass is 16.3. The van der Waals surface area contributed by atoms with Crippen LogP contribution >= 0.6 is 0 Å². The van der Waals surface area contributed by atoms with Crippen molar-refractivity contribution in [1.29, 1.82) is 0 Å². The smallest absolute Gasteiger partial charge is 0.295 e. The minimum atomic E-state index is -0.716. The minimum Gasteiger partial charge on any atom is -0.507 e. The molecule has 1 aromatic carbocycles. The number of rotatable bonds is 6. The number of benzene rings is 1. The molecule has 0 radical (unpaired) electrons. The van der Waals surface area contributed by atoms with Crippen LogP contribution in [0.1, 0.15) is 34.9 Å². The minimum absolute atomic E-state index is 0.0888. The zero-order valence-corrected chi connectivity index (χ0v) is 16.8. The van der Waals surface area contributed by atoms with Gasteiger partial charge in [-0.25, -0.2) is 0 Å². The summed E-state index contributed by atoms with van der Waals surface area (Å²) in [6, 6.07) is 8.40. The predicted octanol–water partition coefficient (Wildman–Crippen LogP) is 1.85. The van der Waals surface area contributed by atoms with Gasteiger partial charge in [0.1, 0.15) is 17.6 Å². The Balaban J connectivity index is 2.09. The molecule has 2 N–H and O–H groups in total. The quantitative estimate of drug-likeness (QED) is 0.454. The number of Topliss-reactive ketones (excluding diaryl/α,β-unsaturated/α-hetero) is 1. The van der Waals surface area contributed by atoms with Crippen molar-refractivity contribution < 1.29 is 24.0 Å². The third kappa shape index (κ3) is 3.73. The Kier molecular flexibility index (Phi) is 5.70. The lowest BCUT2D eigenvalue weighted by Gasteiger charge is -2.23. The van der Waals surface area contributed by atoms with Crippen molar-refractivity contribution in [3.63, 3.8) is 0 Å². The maximum Gasteiger partial charge on any atom is 0.295 e. The Morgan fingerprint density at radius 2 is 1.96 bits per heavy atom.